The lowest BCUT2D eigenvalue weighted by Gasteiger charge is -2.34. The fourth-order valence-electron chi connectivity index (χ4n) is 1.94. The fourth-order valence-corrected chi connectivity index (χ4v) is 1.94. The van der Waals surface area contributed by atoms with Crippen molar-refractivity contribution in [1.82, 2.24) is 5.32 Å². The van der Waals surface area contributed by atoms with Crippen molar-refractivity contribution in [3.05, 3.63) is 35.9 Å². The molecule has 0 saturated carbocycles. The van der Waals surface area contributed by atoms with Gasteiger partial charge in [-0.05, 0) is 23.8 Å². The highest BCUT2D eigenvalue weighted by Crippen LogP contribution is 2.26. The number of rotatable bonds is 5. The van der Waals surface area contributed by atoms with E-state index >= 15 is 0 Å². The Morgan fingerprint density at radius 3 is 2.10 bits per heavy atom. The van der Waals surface area contributed by atoms with Gasteiger partial charge in [0.05, 0.1) is 0 Å². The summed E-state index contributed by atoms with van der Waals surface area (Å²) in [5, 5.41) is 3.26. The van der Waals surface area contributed by atoms with E-state index in [1.54, 1.807) is 0 Å². The van der Waals surface area contributed by atoms with Crippen LogP contribution in [0.5, 0.6) is 0 Å². The molecule has 0 aliphatic heterocycles. The van der Waals surface area contributed by atoms with Gasteiger partial charge in [-0.25, -0.2) is 0 Å². The van der Waals surface area contributed by atoms with E-state index in [1.807, 2.05) is 32.0 Å². The van der Waals surface area contributed by atoms with Gasteiger partial charge in [0.2, 0.25) is 5.91 Å². The van der Waals surface area contributed by atoms with Crippen molar-refractivity contribution in [3.63, 3.8) is 0 Å². The molecule has 0 radical (unpaired) electrons. The van der Waals surface area contributed by atoms with Crippen LogP contribution in [0, 0.1) is 10.8 Å². The molecule has 112 valence electrons. The lowest BCUT2D eigenvalue weighted by molar-refractivity contribution is -0.131. The quantitative estimate of drug-likeness (QED) is 0.857. The molecule has 0 bridgehead atoms. The minimum atomic E-state index is -0.305. The molecule has 2 heteroatoms. The molecule has 0 aliphatic carbocycles. The van der Waals surface area contributed by atoms with Crippen molar-refractivity contribution < 1.29 is 4.79 Å². The number of carbonyl (C=O) groups excluding carboxylic acids is 1. The van der Waals surface area contributed by atoms with Gasteiger partial charge in [0, 0.05) is 11.5 Å². The highest BCUT2D eigenvalue weighted by molar-refractivity contribution is 5.82. The predicted octanol–water partition coefficient (Wildman–Crippen LogP) is 4.20. The van der Waals surface area contributed by atoms with Gasteiger partial charge < -0.3 is 5.32 Å². The van der Waals surface area contributed by atoms with Gasteiger partial charge in [0.1, 0.15) is 0 Å². The van der Waals surface area contributed by atoms with E-state index in [-0.39, 0.29) is 22.8 Å². The number of hydrogen-bond acceptors (Lipinski definition) is 1. The van der Waals surface area contributed by atoms with E-state index in [4.69, 9.17) is 0 Å². The number of benzene rings is 1. The third kappa shape index (κ3) is 4.66. The molecule has 20 heavy (non-hydrogen) atoms. The van der Waals surface area contributed by atoms with Crippen LogP contribution in [0.25, 0.3) is 0 Å². The van der Waals surface area contributed by atoms with Crippen molar-refractivity contribution >= 4 is 5.91 Å². The maximum Gasteiger partial charge on any atom is 0.225 e. The lowest BCUT2D eigenvalue weighted by atomic mass is 9.81. The van der Waals surface area contributed by atoms with Crippen LogP contribution in [0.15, 0.2) is 30.3 Å². The lowest BCUT2D eigenvalue weighted by Crippen LogP contribution is -2.49. The molecule has 2 nitrogen and oxygen atoms in total. The van der Waals surface area contributed by atoms with Crippen LogP contribution in [0.1, 0.15) is 53.5 Å². The molecule has 0 heterocycles. The van der Waals surface area contributed by atoms with Gasteiger partial charge in [-0.2, -0.15) is 0 Å². The molecule has 1 atom stereocenters. The van der Waals surface area contributed by atoms with Crippen molar-refractivity contribution in [2.45, 2.75) is 60.4 Å². The largest absolute Gasteiger partial charge is 0.352 e. The standard InChI is InChI=1S/C18H29NO/c1-7-18(5,6)16(20)19-15(17(2,3)4)13-14-11-9-8-10-12-14/h8-12,15H,7,13H2,1-6H3,(H,19,20)/t15-/m0/s1. The van der Waals surface area contributed by atoms with Crippen LogP contribution in [-0.4, -0.2) is 11.9 Å². The van der Waals surface area contributed by atoms with Crippen LogP contribution in [0.3, 0.4) is 0 Å². The van der Waals surface area contributed by atoms with Crippen molar-refractivity contribution in [2.24, 2.45) is 10.8 Å². The van der Waals surface area contributed by atoms with E-state index in [1.165, 1.54) is 5.56 Å². The Hall–Kier alpha value is -1.31. The highest BCUT2D eigenvalue weighted by atomic mass is 16.2. The number of hydrogen-bond donors (Lipinski definition) is 1. The zero-order chi connectivity index (χ0) is 15.4. The first-order valence-corrected chi connectivity index (χ1v) is 7.51. The summed E-state index contributed by atoms with van der Waals surface area (Å²) < 4.78 is 0. The summed E-state index contributed by atoms with van der Waals surface area (Å²) in [4.78, 5) is 12.4. The molecular formula is C18H29NO. The third-order valence-corrected chi connectivity index (χ3v) is 4.13. The summed E-state index contributed by atoms with van der Waals surface area (Å²) in [6.07, 6.45) is 1.72. The maximum absolute atomic E-state index is 12.4. The molecule has 0 aliphatic rings. The first-order valence-electron chi connectivity index (χ1n) is 7.51. The Morgan fingerprint density at radius 1 is 1.10 bits per heavy atom. The Bertz CT molecular complexity index is 428. The third-order valence-electron chi connectivity index (χ3n) is 4.13. The summed E-state index contributed by atoms with van der Waals surface area (Å²) in [6.45, 7) is 12.6. The predicted molar refractivity (Wildman–Crippen MR) is 85.6 cm³/mol. The Kier molecular flexibility index (Phi) is 5.38. The molecule has 1 aromatic carbocycles. The van der Waals surface area contributed by atoms with Gasteiger partial charge in [-0.3, -0.25) is 4.79 Å². The Labute approximate surface area is 124 Å². The summed E-state index contributed by atoms with van der Waals surface area (Å²) in [7, 11) is 0. The highest BCUT2D eigenvalue weighted by Gasteiger charge is 2.32. The monoisotopic (exact) mass is 275 g/mol. The molecule has 0 fully saturated rings. The zero-order valence-electron chi connectivity index (χ0n) is 13.8. The van der Waals surface area contributed by atoms with E-state index in [0.29, 0.717) is 0 Å². The van der Waals surface area contributed by atoms with E-state index in [0.717, 1.165) is 12.8 Å². The smallest absolute Gasteiger partial charge is 0.225 e. The number of amides is 1. The van der Waals surface area contributed by atoms with Crippen LogP contribution in [0.2, 0.25) is 0 Å². The minimum absolute atomic E-state index is 0.0370. The topological polar surface area (TPSA) is 29.1 Å². The molecule has 1 aromatic rings. The molecule has 1 amide bonds. The van der Waals surface area contributed by atoms with Crippen LogP contribution in [0.4, 0.5) is 0 Å². The zero-order valence-corrected chi connectivity index (χ0v) is 13.8. The average molecular weight is 275 g/mol. The van der Waals surface area contributed by atoms with Crippen molar-refractivity contribution in [2.75, 3.05) is 0 Å². The van der Waals surface area contributed by atoms with E-state index in [9.17, 15) is 4.79 Å². The van der Waals surface area contributed by atoms with Gasteiger partial charge >= 0.3 is 0 Å². The molecule has 1 rings (SSSR count). The second-order valence-corrected chi connectivity index (χ2v) is 7.32. The van der Waals surface area contributed by atoms with Crippen molar-refractivity contribution in [1.29, 1.82) is 0 Å². The molecular weight excluding hydrogens is 246 g/mol. The molecule has 1 N–H and O–H groups in total. The van der Waals surface area contributed by atoms with Gasteiger partial charge in [-0.15, -0.1) is 0 Å². The summed E-state index contributed by atoms with van der Waals surface area (Å²) in [5.74, 6) is 0.149. The number of nitrogens with one attached hydrogen (secondary N) is 1. The van der Waals surface area contributed by atoms with E-state index in [2.05, 4.69) is 45.1 Å². The summed E-state index contributed by atoms with van der Waals surface area (Å²) in [6, 6.07) is 10.5. The van der Waals surface area contributed by atoms with Gasteiger partial charge in [0.25, 0.3) is 0 Å². The molecule has 0 spiro atoms. The Balaban J connectivity index is 2.84. The normalized spacial score (nSPS) is 13.9. The summed E-state index contributed by atoms with van der Waals surface area (Å²) in [5.41, 5.74) is 0.997. The maximum atomic E-state index is 12.4. The van der Waals surface area contributed by atoms with Crippen LogP contribution in [-0.2, 0) is 11.2 Å². The molecule has 0 aromatic heterocycles. The second kappa shape index (κ2) is 6.43. The first-order chi connectivity index (χ1) is 9.16. The van der Waals surface area contributed by atoms with Crippen molar-refractivity contribution in [3.8, 4) is 0 Å². The van der Waals surface area contributed by atoms with Crippen LogP contribution >= 0.6 is 0 Å². The molecule has 0 saturated heterocycles. The van der Waals surface area contributed by atoms with Crippen LogP contribution < -0.4 is 5.32 Å². The van der Waals surface area contributed by atoms with Gasteiger partial charge in [0.15, 0.2) is 0 Å². The summed E-state index contributed by atoms with van der Waals surface area (Å²) >= 11 is 0. The fraction of sp³-hybridized carbons (Fsp3) is 0.611. The second-order valence-electron chi connectivity index (χ2n) is 7.32. The van der Waals surface area contributed by atoms with E-state index < -0.39 is 0 Å². The number of carbonyl (C=O) groups is 1. The first kappa shape index (κ1) is 16.7. The molecule has 0 unspecified atom stereocenters. The minimum Gasteiger partial charge on any atom is -0.352 e. The average Bonchev–Trinajstić information content (AvgIpc) is 2.38. The van der Waals surface area contributed by atoms with Gasteiger partial charge in [-0.1, -0.05) is 71.9 Å². The SMILES string of the molecule is CCC(C)(C)C(=O)N[C@@H](Cc1ccccc1)C(C)(C)C. The Morgan fingerprint density at radius 2 is 1.65 bits per heavy atom.